The van der Waals surface area contributed by atoms with Gasteiger partial charge < -0.3 is 20.5 Å². The Bertz CT molecular complexity index is 908. The molecule has 3 N–H and O–H groups in total. The predicted octanol–water partition coefficient (Wildman–Crippen LogP) is 3.25. The fraction of sp³-hybridized carbons (Fsp3) is 0.300. The Morgan fingerprint density at radius 1 is 1.26 bits per heavy atom. The Morgan fingerprint density at radius 2 is 1.96 bits per heavy atom. The average Bonchev–Trinajstić information content (AvgIpc) is 3.13. The molecule has 7 heteroatoms. The van der Waals surface area contributed by atoms with Crippen molar-refractivity contribution in [1.82, 2.24) is 10.3 Å². The highest BCUT2D eigenvalue weighted by molar-refractivity contribution is 6.15. The minimum atomic E-state index is -0.233. The molecule has 2 aromatic rings. The molecule has 0 aliphatic carbocycles. The van der Waals surface area contributed by atoms with Crippen LogP contribution < -0.4 is 20.5 Å². The summed E-state index contributed by atoms with van der Waals surface area (Å²) in [5, 5.41) is 9.08. The third kappa shape index (κ3) is 3.05. The highest BCUT2D eigenvalue weighted by Crippen LogP contribution is 2.41. The number of nitrogens with zero attached hydrogens (tertiary/aromatic N) is 2. The van der Waals surface area contributed by atoms with Crippen molar-refractivity contribution in [3.05, 3.63) is 53.1 Å². The summed E-state index contributed by atoms with van der Waals surface area (Å²) in [5.74, 6) is 1.38. The minimum Gasteiger partial charge on any atom is -0.454 e. The van der Waals surface area contributed by atoms with Gasteiger partial charge in [0.15, 0.2) is 11.5 Å². The van der Waals surface area contributed by atoms with Gasteiger partial charge in [0.2, 0.25) is 6.79 Å². The van der Waals surface area contributed by atoms with E-state index >= 15 is 0 Å². The third-order valence-electron chi connectivity index (χ3n) is 4.74. The minimum absolute atomic E-state index is 0.196. The van der Waals surface area contributed by atoms with E-state index in [9.17, 15) is 4.79 Å². The first-order valence-electron chi connectivity index (χ1n) is 9.04. The second-order valence-corrected chi connectivity index (χ2v) is 6.62. The molecule has 0 unspecified atom stereocenters. The number of carbonyl (C=O) groups excluding carboxylic acids is 1. The Labute approximate surface area is 157 Å². The van der Waals surface area contributed by atoms with Gasteiger partial charge in [-0.05, 0) is 43.2 Å². The molecule has 0 aromatic heterocycles. The number of hydrogen-bond acceptors (Lipinski definition) is 5. The van der Waals surface area contributed by atoms with Gasteiger partial charge in [0.05, 0.1) is 11.8 Å². The number of hydrogen-bond donors (Lipinski definition) is 2. The van der Waals surface area contributed by atoms with Crippen LogP contribution in [0.25, 0.3) is 0 Å². The summed E-state index contributed by atoms with van der Waals surface area (Å²) in [6.07, 6.45) is 0.859. The van der Waals surface area contributed by atoms with Gasteiger partial charge in [-0.15, -0.1) is 0 Å². The lowest BCUT2D eigenvalue weighted by Crippen LogP contribution is -2.41. The SMILES string of the molecule is CCCNC(=O)N1N=C(c2ccc(N)cc2)c2cc3c(cc2[C@H]1C)OCO3. The van der Waals surface area contributed by atoms with Crippen molar-refractivity contribution in [1.29, 1.82) is 0 Å². The number of fused-ring (bicyclic) bond motifs is 2. The molecule has 0 fully saturated rings. The fourth-order valence-electron chi connectivity index (χ4n) is 3.28. The zero-order chi connectivity index (χ0) is 19.0. The summed E-state index contributed by atoms with van der Waals surface area (Å²) in [4.78, 5) is 12.7. The van der Waals surface area contributed by atoms with Crippen LogP contribution in [-0.4, -0.2) is 30.1 Å². The van der Waals surface area contributed by atoms with Gasteiger partial charge >= 0.3 is 6.03 Å². The molecule has 0 bridgehead atoms. The van der Waals surface area contributed by atoms with Crippen LogP contribution in [0.4, 0.5) is 10.5 Å². The van der Waals surface area contributed by atoms with Crippen LogP contribution >= 0.6 is 0 Å². The third-order valence-corrected chi connectivity index (χ3v) is 4.74. The van der Waals surface area contributed by atoms with Gasteiger partial charge in [-0.3, -0.25) is 0 Å². The Balaban J connectivity index is 1.83. The number of rotatable bonds is 3. The van der Waals surface area contributed by atoms with Gasteiger partial charge in [0.25, 0.3) is 0 Å². The van der Waals surface area contributed by atoms with Crippen molar-refractivity contribution < 1.29 is 14.3 Å². The second-order valence-electron chi connectivity index (χ2n) is 6.62. The maximum Gasteiger partial charge on any atom is 0.338 e. The van der Waals surface area contributed by atoms with Crippen molar-refractivity contribution in [2.75, 3.05) is 19.1 Å². The van der Waals surface area contributed by atoms with Crippen LogP contribution in [0.5, 0.6) is 11.5 Å². The van der Waals surface area contributed by atoms with Gasteiger partial charge in [0, 0.05) is 23.4 Å². The van der Waals surface area contributed by atoms with Crippen molar-refractivity contribution >= 4 is 17.4 Å². The highest BCUT2D eigenvalue weighted by atomic mass is 16.7. The van der Waals surface area contributed by atoms with Crippen molar-refractivity contribution in [3.63, 3.8) is 0 Å². The molecule has 1 atom stereocenters. The second kappa shape index (κ2) is 6.83. The molecule has 0 saturated heterocycles. The molecule has 2 amide bonds. The number of hydrazone groups is 1. The van der Waals surface area contributed by atoms with Crippen LogP contribution in [0, 0.1) is 0 Å². The molecule has 0 radical (unpaired) electrons. The van der Waals surface area contributed by atoms with E-state index in [2.05, 4.69) is 10.4 Å². The molecule has 0 saturated carbocycles. The number of anilines is 1. The van der Waals surface area contributed by atoms with E-state index in [4.69, 9.17) is 15.2 Å². The Kier molecular flexibility index (Phi) is 4.35. The van der Waals surface area contributed by atoms with Crippen molar-refractivity contribution in [3.8, 4) is 11.5 Å². The number of benzene rings is 2. The lowest BCUT2D eigenvalue weighted by atomic mass is 9.91. The zero-order valence-corrected chi connectivity index (χ0v) is 15.4. The van der Waals surface area contributed by atoms with Crippen molar-refractivity contribution in [2.24, 2.45) is 5.10 Å². The molecule has 2 heterocycles. The molecular formula is C20H22N4O3. The van der Waals surface area contributed by atoms with Crippen molar-refractivity contribution in [2.45, 2.75) is 26.3 Å². The van der Waals surface area contributed by atoms with Gasteiger partial charge in [-0.1, -0.05) is 19.1 Å². The molecule has 2 aliphatic rings. The van der Waals surface area contributed by atoms with Crippen LogP contribution in [0.3, 0.4) is 0 Å². The average molecular weight is 366 g/mol. The maximum atomic E-state index is 12.7. The van der Waals surface area contributed by atoms with E-state index in [1.54, 1.807) is 0 Å². The molecule has 7 nitrogen and oxygen atoms in total. The largest absolute Gasteiger partial charge is 0.454 e. The first kappa shape index (κ1) is 17.2. The van der Waals surface area contributed by atoms with Gasteiger partial charge in [0.1, 0.15) is 0 Å². The summed E-state index contributed by atoms with van der Waals surface area (Å²) >= 11 is 0. The molecule has 140 valence electrons. The smallest absolute Gasteiger partial charge is 0.338 e. The standard InChI is InChI=1S/C20H22N4O3/c1-3-8-22-20(25)24-12(2)15-9-17-18(27-11-26-17)10-16(15)19(23-24)13-4-6-14(21)7-5-13/h4-7,9-10,12H,3,8,11,21H2,1-2H3,(H,22,25)/t12-/m1/s1. The van der Waals surface area contributed by atoms with E-state index in [-0.39, 0.29) is 18.9 Å². The van der Waals surface area contributed by atoms with Gasteiger partial charge in [-0.2, -0.15) is 5.10 Å². The van der Waals surface area contributed by atoms with E-state index < -0.39 is 0 Å². The fourth-order valence-corrected chi connectivity index (χ4v) is 3.28. The van der Waals surface area contributed by atoms with Crippen LogP contribution in [0.15, 0.2) is 41.5 Å². The Hall–Kier alpha value is -3.22. The molecule has 0 spiro atoms. The quantitative estimate of drug-likeness (QED) is 0.816. The molecular weight excluding hydrogens is 344 g/mol. The number of amides is 2. The lowest BCUT2D eigenvalue weighted by Gasteiger charge is -2.32. The lowest BCUT2D eigenvalue weighted by molar-refractivity contribution is 0.173. The highest BCUT2D eigenvalue weighted by Gasteiger charge is 2.32. The number of carbonyl (C=O) groups is 1. The van der Waals surface area contributed by atoms with Crippen LogP contribution in [0.2, 0.25) is 0 Å². The summed E-state index contributed by atoms with van der Waals surface area (Å²) in [7, 11) is 0. The number of nitrogens with one attached hydrogen (secondary N) is 1. The van der Waals surface area contributed by atoms with Crippen LogP contribution in [0.1, 0.15) is 43.0 Å². The monoisotopic (exact) mass is 366 g/mol. The van der Waals surface area contributed by atoms with E-state index in [1.165, 1.54) is 5.01 Å². The summed E-state index contributed by atoms with van der Waals surface area (Å²) in [6, 6.07) is 10.9. The van der Waals surface area contributed by atoms with Crippen LogP contribution in [-0.2, 0) is 0 Å². The zero-order valence-electron chi connectivity index (χ0n) is 15.4. The first-order valence-corrected chi connectivity index (χ1v) is 9.04. The molecule has 2 aliphatic heterocycles. The molecule has 27 heavy (non-hydrogen) atoms. The van der Waals surface area contributed by atoms with E-state index in [0.717, 1.165) is 23.1 Å². The number of ether oxygens (including phenoxy) is 2. The Morgan fingerprint density at radius 3 is 2.67 bits per heavy atom. The normalized spacial score (nSPS) is 17.3. The topological polar surface area (TPSA) is 89.2 Å². The maximum absolute atomic E-state index is 12.7. The van der Waals surface area contributed by atoms with Gasteiger partial charge in [-0.25, -0.2) is 9.80 Å². The van der Waals surface area contributed by atoms with E-state index in [1.807, 2.05) is 50.2 Å². The first-order chi connectivity index (χ1) is 13.1. The molecule has 4 rings (SSSR count). The van der Waals surface area contributed by atoms with E-state index in [0.29, 0.717) is 29.4 Å². The summed E-state index contributed by atoms with van der Waals surface area (Å²) < 4.78 is 11.1. The number of nitrogen functional groups attached to an aromatic ring is 1. The number of nitrogens with two attached hydrogens (primary N) is 1. The summed E-state index contributed by atoms with van der Waals surface area (Å²) in [5.41, 5.74) is 9.97. The summed E-state index contributed by atoms with van der Waals surface area (Å²) in [6.45, 7) is 4.76. The number of urea groups is 1. The predicted molar refractivity (Wildman–Crippen MR) is 103 cm³/mol. The molecule has 2 aromatic carbocycles.